The number of nitrogens with one attached hydrogen (secondary N) is 1. The number of rotatable bonds is 18. The molecule has 0 spiro atoms. The number of carbonyl (C=O) groups is 5. The van der Waals surface area contributed by atoms with E-state index in [1.165, 1.54) is 9.80 Å². The Labute approximate surface area is 345 Å². The van der Waals surface area contributed by atoms with Crippen molar-refractivity contribution < 1.29 is 38.2 Å². The van der Waals surface area contributed by atoms with Crippen molar-refractivity contribution in [1.82, 2.24) is 14.7 Å². The summed E-state index contributed by atoms with van der Waals surface area (Å²) in [6.07, 6.45) is 3.35. The fourth-order valence-electron chi connectivity index (χ4n) is 7.12. The van der Waals surface area contributed by atoms with Crippen LogP contribution < -0.4 is 24.4 Å². The first-order valence-corrected chi connectivity index (χ1v) is 20.3. The zero-order valence-corrected chi connectivity index (χ0v) is 34.3. The lowest BCUT2D eigenvalue weighted by atomic mass is 10.1. The van der Waals surface area contributed by atoms with Crippen LogP contribution in [0.15, 0.2) is 84.9 Å². The smallest absolute Gasteiger partial charge is 0.261 e. The molecule has 0 aromatic heterocycles. The lowest BCUT2D eigenvalue weighted by Gasteiger charge is -2.32. The van der Waals surface area contributed by atoms with E-state index in [4.69, 9.17) is 14.2 Å². The third kappa shape index (κ3) is 10.5. The summed E-state index contributed by atoms with van der Waals surface area (Å²) in [7, 11) is 3.77. The minimum atomic E-state index is -0.443. The molecule has 0 aliphatic carbocycles. The molecule has 2 aliphatic rings. The van der Waals surface area contributed by atoms with Crippen LogP contribution in [-0.4, -0.2) is 111 Å². The normalized spacial score (nSPS) is 13.9. The number of aryl methyl sites for hydroxylation is 1. The largest absolute Gasteiger partial charge is 0.493 e. The molecule has 0 unspecified atom stereocenters. The predicted octanol–water partition coefficient (Wildman–Crippen LogP) is 6.70. The number of benzene rings is 4. The van der Waals surface area contributed by atoms with E-state index in [9.17, 15) is 24.0 Å². The molecule has 6 rings (SSSR count). The number of unbranched alkanes of at least 4 members (excludes halogenated alkanes) is 2. The number of ether oxygens (including phenoxy) is 3. The summed E-state index contributed by atoms with van der Waals surface area (Å²) < 4.78 is 18.1. The number of imide groups is 1. The minimum absolute atomic E-state index is 0.166. The second-order valence-electron chi connectivity index (χ2n) is 14.8. The Morgan fingerprint density at radius 3 is 2.14 bits per heavy atom. The second kappa shape index (κ2) is 20.0. The lowest BCUT2D eigenvalue weighted by Crippen LogP contribution is -2.47. The van der Waals surface area contributed by atoms with Crippen molar-refractivity contribution in [1.29, 1.82) is 0 Å². The first-order valence-electron chi connectivity index (χ1n) is 20.3. The third-order valence-corrected chi connectivity index (χ3v) is 10.5. The van der Waals surface area contributed by atoms with Crippen molar-refractivity contribution in [2.45, 2.75) is 46.0 Å². The summed E-state index contributed by atoms with van der Waals surface area (Å²) in [5.41, 5.74) is 3.41. The molecule has 4 aromatic carbocycles. The first-order chi connectivity index (χ1) is 28.5. The molecule has 5 amide bonds. The number of hydrogen-bond donors (Lipinski definition) is 1. The number of piperazine rings is 1. The van der Waals surface area contributed by atoms with E-state index in [1.807, 2.05) is 36.9 Å². The van der Waals surface area contributed by atoms with Crippen molar-refractivity contribution in [3.05, 3.63) is 113 Å². The molecule has 0 atom stereocenters. The molecule has 2 aliphatic heterocycles. The Balaban J connectivity index is 1.03. The Hall–Kier alpha value is -6.21. The van der Waals surface area contributed by atoms with E-state index in [2.05, 4.69) is 17.3 Å². The molecule has 13 nitrogen and oxygen atoms in total. The quantitative estimate of drug-likeness (QED) is 0.0861. The molecule has 0 bridgehead atoms. The fraction of sp³-hybridized carbons (Fsp3) is 0.370. The van der Waals surface area contributed by atoms with Crippen molar-refractivity contribution in [3.63, 3.8) is 0 Å². The standard InChI is InChI=1S/C46H53N5O8/c1-5-57-40-31-33(44(54)49(4)38-22-19-32(2)30-41(38)59-28-12-6-7-18-42(52)50-26-24-48(3)25-27-50)20-21-37(40)47-43(53)36-16-10-11-17-39(36)58-29-13-23-51-45(55)34-14-8-9-15-35(34)46(51)56/h8-11,14-17,19-22,30-31H,5-7,12-13,18,23-29H2,1-4H3,(H,47,53). The van der Waals surface area contributed by atoms with Crippen LogP contribution in [0.2, 0.25) is 0 Å². The number of hydrogen-bond acceptors (Lipinski definition) is 9. The second-order valence-corrected chi connectivity index (χ2v) is 14.8. The molecule has 1 saturated heterocycles. The zero-order valence-electron chi connectivity index (χ0n) is 34.3. The SMILES string of the molecule is CCOc1cc(C(=O)N(C)c2ccc(C)cc2OCCCCCC(=O)N2CCN(C)CC2)ccc1NC(=O)c1ccccc1OCCCN1C(=O)c2ccccc2C1=O. The van der Waals surface area contributed by atoms with Crippen LogP contribution >= 0.6 is 0 Å². The van der Waals surface area contributed by atoms with Crippen molar-refractivity contribution in [2.24, 2.45) is 0 Å². The minimum Gasteiger partial charge on any atom is -0.493 e. The Morgan fingerprint density at radius 1 is 0.729 bits per heavy atom. The average Bonchev–Trinajstić information content (AvgIpc) is 3.48. The molecule has 59 heavy (non-hydrogen) atoms. The van der Waals surface area contributed by atoms with E-state index < -0.39 is 5.91 Å². The summed E-state index contributed by atoms with van der Waals surface area (Å²) in [6.45, 7) is 8.28. The van der Waals surface area contributed by atoms with Crippen LogP contribution in [0.3, 0.4) is 0 Å². The van der Waals surface area contributed by atoms with Crippen LogP contribution in [0.1, 0.15) is 86.0 Å². The number of fused-ring (bicyclic) bond motifs is 1. The van der Waals surface area contributed by atoms with E-state index in [0.29, 0.717) is 71.4 Å². The van der Waals surface area contributed by atoms with Gasteiger partial charge in [0.25, 0.3) is 23.6 Å². The highest BCUT2D eigenvalue weighted by atomic mass is 16.5. The van der Waals surface area contributed by atoms with Gasteiger partial charge in [-0.15, -0.1) is 0 Å². The molecule has 13 heteroatoms. The average molecular weight is 804 g/mol. The number of likely N-dealkylation sites (N-methyl/N-ethyl adjacent to an activating group) is 1. The number of para-hydroxylation sites is 1. The maximum atomic E-state index is 13.9. The van der Waals surface area contributed by atoms with Crippen LogP contribution in [-0.2, 0) is 4.79 Å². The van der Waals surface area contributed by atoms with Crippen LogP contribution in [0.4, 0.5) is 11.4 Å². The lowest BCUT2D eigenvalue weighted by molar-refractivity contribution is -0.132. The highest BCUT2D eigenvalue weighted by Gasteiger charge is 2.34. The molecule has 1 fully saturated rings. The van der Waals surface area contributed by atoms with Crippen molar-refractivity contribution in [3.8, 4) is 17.2 Å². The first kappa shape index (κ1) is 42.4. The highest BCUT2D eigenvalue weighted by Crippen LogP contribution is 2.33. The van der Waals surface area contributed by atoms with Gasteiger partial charge in [-0.3, -0.25) is 28.9 Å². The monoisotopic (exact) mass is 803 g/mol. The van der Waals surface area contributed by atoms with Gasteiger partial charge in [-0.2, -0.15) is 0 Å². The van der Waals surface area contributed by atoms with E-state index in [1.54, 1.807) is 73.8 Å². The maximum absolute atomic E-state index is 13.9. The highest BCUT2D eigenvalue weighted by molar-refractivity contribution is 6.21. The van der Waals surface area contributed by atoms with Gasteiger partial charge in [0.05, 0.1) is 47.9 Å². The molecule has 2 heterocycles. The molecular formula is C46H53N5O8. The van der Waals surface area contributed by atoms with Gasteiger partial charge in [0, 0.05) is 51.8 Å². The van der Waals surface area contributed by atoms with E-state index in [0.717, 1.165) is 51.0 Å². The van der Waals surface area contributed by atoms with E-state index >= 15 is 0 Å². The van der Waals surface area contributed by atoms with E-state index in [-0.39, 0.29) is 42.3 Å². The van der Waals surface area contributed by atoms with Gasteiger partial charge in [-0.05, 0) is 107 Å². The zero-order chi connectivity index (χ0) is 41.9. The fourth-order valence-corrected chi connectivity index (χ4v) is 7.12. The molecular weight excluding hydrogens is 751 g/mol. The van der Waals surface area contributed by atoms with Gasteiger partial charge in [-0.25, -0.2) is 0 Å². The van der Waals surface area contributed by atoms with Gasteiger partial charge < -0.3 is 34.2 Å². The Morgan fingerprint density at radius 2 is 1.41 bits per heavy atom. The number of anilines is 2. The summed E-state index contributed by atoms with van der Waals surface area (Å²) in [5, 5.41) is 2.90. The van der Waals surface area contributed by atoms with Crippen LogP contribution in [0, 0.1) is 6.92 Å². The number of carbonyl (C=O) groups excluding carboxylic acids is 5. The summed E-state index contributed by atoms with van der Waals surface area (Å²) >= 11 is 0. The Bertz CT molecular complexity index is 2130. The molecule has 0 radical (unpaired) electrons. The number of nitrogens with zero attached hydrogens (tertiary/aromatic N) is 4. The summed E-state index contributed by atoms with van der Waals surface area (Å²) in [6, 6.07) is 24.1. The summed E-state index contributed by atoms with van der Waals surface area (Å²) in [5.74, 6) is 0.0833. The van der Waals surface area contributed by atoms with Crippen LogP contribution in [0.25, 0.3) is 0 Å². The van der Waals surface area contributed by atoms with Gasteiger partial charge in [-0.1, -0.05) is 30.3 Å². The topological polar surface area (TPSA) is 138 Å². The molecule has 310 valence electrons. The summed E-state index contributed by atoms with van der Waals surface area (Å²) in [4.78, 5) is 72.5. The van der Waals surface area contributed by atoms with Gasteiger partial charge in [0.1, 0.15) is 17.2 Å². The maximum Gasteiger partial charge on any atom is 0.261 e. The van der Waals surface area contributed by atoms with Crippen LogP contribution in [0.5, 0.6) is 17.2 Å². The predicted molar refractivity (Wildman–Crippen MR) is 226 cm³/mol. The molecule has 0 saturated carbocycles. The van der Waals surface area contributed by atoms with Gasteiger partial charge in [0.2, 0.25) is 5.91 Å². The van der Waals surface area contributed by atoms with Crippen molar-refractivity contribution >= 4 is 40.9 Å². The van der Waals surface area contributed by atoms with Gasteiger partial charge in [0.15, 0.2) is 0 Å². The third-order valence-electron chi connectivity index (χ3n) is 10.5. The Kier molecular flexibility index (Phi) is 14.4. The number of amides is 5. The molecule has 1 N–H and O–H groups in total. The molecule has 4 aromatic rings. The van der Waals surface area contributed by atoms with Gasteiger partial charge >= 0.3 is 0 Å². The van der Waals surface area contributed by atoms with Crippen molar-refractivity contribution in [2.75, 3.05) is 76.9 Å².